The van der Waals surface area contributed by atoms with Gasteiger partial charge >= 0.3 is 5.97 Å². The molecule has 3 aliphatic rings. The highest BCUT2D eigenvalue weighted by atomic mass is 16.4. The quantitative estimate of drug-likeness (QED) is 0.770. The van der Waals surface area contributed by atoms with Crippen molar-refractivity contribution in [2.24, 2.45) is 5.92 Å². The fraction of sp³-hybridized carbons (Fsp3) is 0.444. The number of hydrogen-bond acceptors (Lipinski definition) is 3. The van der Waals surface area contributed by atoms with Crippen LogP contribution in [0.1, 0.15) is 59.7 Å². The maximum atomic E-state index is 11.2. The molecule has 4 heteroatoms. The Morgan fingerprint density at radius 2 is 1.90 bits per heavy atom. The summed E-state index contributed by atoms with van der Waals surface area (Å²) in [7, 11) is 0. The fourth-order valence-corrected chi connectivity index (χ4v) is 6.43. The first kappa shape index (κ1) is 20.5. The van der Waals surface area contributed by atoms with Crippen LogP contribution in [0, 0.1) is 5.92 Å². The van der Waals surface area contributed by atoms with E-state index in [0.717, 1.165) is 44.3 Å². The first-order chi connectivity index (χ1) is 15.0. The number of likely N-dealkylation sites (tertiary alicyclic amines) is 1. The average molecular weight is 418 g/mol. The molecule has 0 radical (unpaired) electrons. The maximum absolute atomic E-state index is 11.2. The summed E-state index contributed by atoms with van der Waals surface area (Å²) in [6, 6.07) is 16.4. The van der Waals surface area contributed by atoms with Crippen LogP contribution in [0.3, 0.4) is 0 Å². The normalized spacial score (nSPS) is 32.5. The molecule has 2 aliphatic carbocycles. The van der Waals surface area contributed by atoms with Gasteiger partial charge in [0.1, 0.15) is 0 Å². The van der Waals surface area contributed by atoms with Crippen molar-refractivity contribution < 1.29 is 15.0 Å². The molecule has 2 fully saturated rings. The molecule has 31 heavy (non-hydrogen) atoms. The number of aliphatic hydroxyl groups excluding tert-OH is 1. The number of carboxylic acid groups (broad SMARTS) is 1. The van der Waals surface area contributed by atoms with Crippen molar-refractivity contribution in [3.05, 3.63) is 76.9 Å². The summed E-state index contributed by atoms with van der Waals surface area (Å²) in [5.41, 5.74) is 4.11. The SMILES string of the molecule is C[C@H]1CN(C2CCC(CO)(c3ccc(C(=O)O)cc3)C2)CCC12C=Cc1ccccc12. The van der Waals surface area contributed by atoms with Gasteiger partial charge in [0.25, 0.3) is 0 Å². The summed E-state index contributed by atoms with van der Waals surface area (Å²) in [6.45, 7) is 4.65. The number of hydrogen-bond donors (Lipinski definition) is 2. The predicted molar refractivity (Wildman–Crippen MR) is 122 cm³/mol. The second kappa shape index (κ2) is 7.61. The van der Waals surface area contributed by atoms with Gasteiger partial charge in [0.05, 0.1) is 12.2 Å². The van der Waals surface area contributed by atoms with Crippen LogP contribution in [0.4, 0.5) is 0 Å². The van der Waals surface area contributed by atoms with Crippen LogP contribution in [0.15, 0.2) is 54.6 Å². The largest absolute Gasteiger partial charge is 0.478 e. The lowest BCUT2D eigenvalue weighted by atomic mass is 9.67. The van der Waals surface area contributed by atoms with Crippen molar-refractivity contribution in [3.8, 4) is 0 Å². The van der Waals surface area contributed by atoms with E-state index in [1.54, 1.807) is 12.1 Å². The van der Waals surface area contributed by atoms with Crippen LogP contribution in [-0.2, 0) is 10.8 Å². The van der Waals surface area contributed by atoms with Crippen molar-refractivity contribution in [1.29, 1.82) is 0 Å². The van der Waals surface area contributed by atoms with Crippen LogP contribution in [0.2, 0.25) is 0 Å². The highest BCUT2D eigenvalue weighted by molar-refractivity contribution is 5.87. The van der Waals surface area contributed by atoms with Crippen molar-refractivity contribution >= 4 is 12.0 Å². The maximum Gasteiger partial charge on any atom is 0.335 e. The molecule has 3 unspecified atom stereocenters. The first-order valence-electron chi connectivity index (χ1n) is 11.4. The number of aliphatic hydroxyl groups is 1. The molecule has 2 aromatic carbocycles. The monoisotopic (exact) mass is 417 g/mol. The topological polar surface area (TPSA) is 60.8 Å². The van der Waals surface area contributed by atoms with E-state index in [1.165, 1.54) is 11.1 Å². The number of benzene rings is 2. The Morgan fingerprint density at radius 3 is 2.61 bits per heavy atom. The van der Waals surface area contributed by atoms with Crippen LogP contribution >= 0.6 is 0 Å². The van der Waals surface area contributed by atoms with Gasteiger partial charge < -0.3 is 15.1 Å². The van der Waals surface area contributed by atoms with Crippen LogP contribution in [0.5, 0.6) is 0 Å². The Balaban J connectivity index is 1.32. The molecule has 0 amide bonds. The van der Waals surface area contributed by atoms with Gasteiger partial charge in [0.15, 0.2) is 0 Å². The number of carbonyl (C=O) groups is 1. The molecule has 1 spiro atoms. The van der Waals surface area contributed by atoms with E-state index in [4.69, 9.17) is 0 Å². The highest BCUT2D eigenvalue weighted by Crippen LogP contribution is 2.49. The Kier molecular flexibility index (Phi) is 5.03. The van der Waals surface area contributed by atoms with E-state index in [0.29, 0.717) is 17.5 Å². The zero-order chi connectivity index (χ0) is 21.6. The summed E-state index contributed by atoms with van der Waals surface area (Å²) >= 11 is 0. The molecule has 4 nitrogen and oxygen atoms in total. The number of nitrogens with zero attached hydrogens (tertiary/aromatic N) is 1. The molecular weight excluding hydrogens is 386 g/mol. The molecule has 1 saturated heterocycles. The van der Waals surface area contributed by atoms with E-state index in [9.17, 15) is 15.0 Å². The van der Waals surface area contributed by atoms with Crippen LogP contribution in [-0.4, -0.2) is 46.8 Å². The summed E-state index contributed by atoms with van der Waals surface area (Å²) in [6.07, 6.45) is 8.83. The number of carboxylic acids is 1. The third kappa shape index (κ3) is 3.24. The van der Waals surface area contributed by atoms with E-state index in [-0.39, 0.29) is 17.4 Å². The summed E-state index contributed by atoms with van der Waals surface area (Å²) in [5, 5.41) is 19.5. The number of allylic oxidation sites excluding steroid dienone is 1. The number of rotatable bonds is 4. The zero-order valence-corrected chi connectivity index (χ0v) is 18.1. The Morgan fingerprint density at radius 1 is 1.13 bits per heavy atom. The second-order valence-corrected chi connectivity index (χ2v) is 9.82. The Hall–Kier alpha value is -2.43. The Bertz CT molecular complexity index is 1010. The van der Waals surface area contributed by atoms with Gasteiger partial charge in [0.2, 0.25) is 0 Å². The average Bonchev–Trinajstić information content (AvgIpc) is 3.40. The highest BCUT2D eigenvalue weighted by Gasteiger charge is 2.47. The van der Waals surface area contributed by atoms with E-state index >= 15 is 0 Å². The number of fused-ring (bicyclic) bond motifs is 2. The van der Waals surface area contributed by atoms with Crippen molar-refractivity contribution in [3.63, 3.8) is 0 Å². The molecule has 0 aromatic heterocycles. The lowest BCUT2D eigenvalue weighted by molar-refractivity contribution is 0.0696. The van der Waals surface area contributed by atoms with Gasteiger partial charge in [-0.15, -0.1) is 0 Å². The minimum atomic E-state index is -0.910. The van der Waals surface area contributed by atoms with Gasteiger partial charge in [-0.25, -0.2) is 4.79 Å². The molecule has 2 N–H and O–H groups in total. The van der Waals surface area contributed by atoms with Gasteiger partial charge in [0, 0.05) is 23.4 Å². The second-order valence-electron chi connectivity index (χ2n) is 9.82. The lowest BCUT2D eigenvalue weighted by Gasteiger charge is -2.46. The minimum Gasteiger partial charge on any atom is -0.478 e. The molecule has 1 heterocycles. The standard InChI is InChI=1S/C27H31NO3/c1-19-17-28(15-14-27(19)13-10-20-4-2-3-5-24(20)27)23-11-12-26(16-23,18-29)22-8-6-21(7-9-22)25(30)31/h2-10,13,19,23,29H,11-12,14-18H2,1H3,(H,30,31)/t19-,23?,26?,27?/m0/s1. The molecular formula is C27H31NO3. The molecule has 5 rings (SSSR count). The Labute approximate surface area is 184 Å². The van der Waals surface area contributed by atoms with Crippen molar-refractivity contribution in [2.75, 3.05) is 19.7 Å². The minimum absolute atomic E-state index is 0.110. The van der Waals surface area contributed by atoms with Crippen molar-refractivity contribution in [2.45, 2.75) is 49.5 Å². The lowest BCUT2D eigenvalue weighted by Crippen LogP contribution is -2.50. The van der Waals surface area contributed by atoms with Crippen molar-refractivity contribution in [1.82, 2.24) is 4.90 Å². The van der Waals surface area contributed by atoms with Crippen LogP contribution in [0.25, 0.3) is 6.08 Å². The molecule has 0 bridgehead atoms. The van der Waals surface area contributed by atoms with Crippen LogP contribution < -0.4 is 0 Å². The summed E-state index contributed by atoms with van der Waals surface area (Å²) in [4.78, 5) is 13.8. The smallest absolute Gasteiger partial charge is 0.335 e. The van der Waals surface area contributed by atoms with Gasteiger partial charge in [-0.2, -0.15) is 0 Å². The number of piperidine rings is 1. The van der Waals surface area contributed by atoms with Gasteiger partial charge in [-0.1, -0.05) is 55.5 Å². The summed E-state index contributed by atoms with van der Waals surface area (Å²) in [5.74, 6) is -0.368. The predicted octanol–water partition coefficient (Wildman–Crippen LogP) is 4.47. The van der Waals surface area contributed by atoms with E-state index in [1.807, 2.05) is 12.1 Å². The van der Waals surface area contributed by atoms with Gasteiger partial charge in [-0.3, -0.25) is 0 Å². The zero-order valence-electron chi connectivity index (χ0n) is 18.1. The molecule has 4 atom stereocenters. The summed E-state index contributed by atoms with van der Waals surface area (Å²) < 4.78 is 0. The van der Waals surface area contributed by atoms with E-state index in [2.05, 4.69) is 48.2 Å². The van der Waals surface area contributed by atoms with Gasteiger partial charge in [-0.05, 0) is 67.0 Å². The number of aromatic carboxylic acids is 1. The third-order valence-corrected chi connectivity index (χ3v) is 8.37. The molecule has 2 aromatic rings. The first-order valence-corrected chi connectivity index (χ1v) is 11.4. The van der Waals surface area contributed by atoms with E-state index < -0.39 is 5.97 Å². The fourth-order valence-electron chi connectivity index (χ4n) is 6.43. The molecule has 162 valence electrons. The third-order valence-electron chi connectivity index (χ3n) is 8.37. The molecule has 1 saturated carbocycles. The molecule has 1 aliphatic heterocycles.